The summed E-state index contributed by atoms with van der Waals surface area (Å²) in [4.78, 5) is 11.9. The molecule has 0 spiro atoms. The molecule has 1 aliphatic rings. The Kier molecular flexibility index (Phi) is 3.47. The predicted molar refractivity (Wildman–Crippen MR) is 61.7 cm³/mol. The minimum Gasteiger partial charge on any atom is -0.393 e. The van der Waals surface area contributed by atoms with Crippen molar-refractivity contribution in [2.75, 3.05) is 6.54 Å². The van der Waals surface area contributed by atoms with Gasteiger partial charge in [0.2, 0.25) is 0 Å². The molecule has 0 saturated heterocycles. The number of carbonyl (C=O) groups is 1. The molecule has 94 valence electrons. The molecule has 1 fully saturated rings. The van der Waals surface area contributed by atoms with Gasteiger partial charge in [0.05, 0.1) is 11.8 Å². The topological polar surface area (TPSA) is 75.4 Å². The maximum Gasteiger partial charge on any atom is 0.256 e. The lowest BCUT2D eigenvalue weighted by molar-refractivity contribution is 0.0943. The van der Waals surface area contributed by atoms with Crippen LogP contribution in [0.25, 0.3) is 0 Å². The van der Waals surface area contributed by atoms with Crippen molar-refractivity contribution in [3.05, 3.63) is 17.0 Å². The van der Waals surface area contributed by atoms with E-state index >= 15 is 0 Å². The molecule has 5 heteroatoms. The van der Waals surface area contributed by atoms with E-state index in [1.807, 2.05) is 0 Å². The summed E-state index contributed by atoms with van der Waals surface area (Å²) < 4.78 is 4.95. The zero-order valence-corrected chi connectivity index (χ0v) is 10.2. The van der Waals surface area contributed by atoms with Gasteiger partial charge in [0.25, 0.3) is 5.91 Å². The summed E-state index contributed by atoms with van der Waals surface area (Å²) in [5.41, 5.74) is 1.15. The molecular weight excluding hydrogens is 220 g/mol. The van der Waals surface area contributed by atoms with E-state index in [0.29, 0.717) is 29.5 Å². The third-order valence-corrected chi connectivity index (χ3v) is 3.33. The number of hydrogen-bond acceptors (Lipinski definition) is 4. The molecule has 1 saturated carbocycles. The normalized spacial score (nSPS) is 23.9. The highest BCUT2D eigenvalue weighted by molar-refractivity contribution is 5.96. The van der Waals surface area contributed by atoms with Crippen LogP contribution in [0, 0.1) is 19.8 Å². The van der Waals surface area contributed by atoms with E-state index in [1.54, 1.807) is 13.8 Å². The van der Waals surface area contributed by atoms with Gasteiger partial charge in [-0.1, -0.05) is 5.16 Å². The van der Waals surface area contributed by atoms with E-state index < -0.39 is 0 Å². The van der Waals surface area contributed by atoms with E-state index in [2.05, 4.69) is 10.5 Å². The summed E-state index contributed by atoms with van der Waals surface area (Å²) in [7, 11) is 0. The average molecular weight is 238 g/mol. The van der Waals surface area contributed by atoms with Crippen LogP contribution in [0.5, 0.6) is 0 Å². The SMILES string of the molecule is Cc1noc(C)c1C(=O)NCC1CCC(O)C1. The van der Waals surface area contributed by atoms with E-state index in [9.17, 15) is 9.90 Å². The summed E-state index contributed by atoms with van der Waals surface area (Å²) in [6, 6.07) is 0. The molecule has 0 bridgehead atoms. The van der Waals surface area contributed by atoms with Gasteiger partial charge in [-0.2, -0.15) is 0 Å². The highest BCUT2D eigenvalue weighted by Gasteiger charge is 2.24. The Morgan fingerprint density at radius 1 is 1.53 bits per heavy atom. The Morgan fingerprint density at radius 2 is 2.29 bits per heavy atom. The van der Waals surface area contributed by atoms with Gasteiger partial charge < -0.3 is 14.9 Å². The molecule has 2 unspecified atom stereocenters. The monoisotopic (exact) mass is 238 g/mol. The summed E-state index contributed by atoms with van der Waals surface area (Å²) in [6.07, 6.45) is 2.40. The second kappa shape index (κ2) is 4.87. The Bertz CT molecular complexity index is 394. The first-order valence-electron chi connectivity index (χ1n) is 5.97. The standard InChI is InChI=1S/C12H18N2O3/c1-7-11(8(2)17-14-7)12(16)13-6-9-3-4-10(15)5-9/h9-10,15H,3-6H2,1-2H3,(H,13,16). The second-order valence-electron chi connectivity index (χ2n) is 4.74. The molecule has 5 nitrogen and oxygen atoms in total. The molecule has 1 heterocycles. The molecular formula is C12H18N2O3. The summed E-state index contributed by atoms with van der Waals surface area (Å²) in [6.45, 7) is 4.10. The molecule has 1 amide bonds. The highest BCUT2D eigenvalue weighted by Crippen LogP contribution is 2.24. The van der Waals surface area contributed by atoms with Crippen molar-refractivity contribution in [2.24, 2.45) is 5.92 Å². The fourth-order valence-corrected chi connectivity index (χ4v) is 2.37. The summed E-state index contributed by atoms with van der Waals surface area (Å²) in [5, 5.41) is 16.0. The minimum atomic E-state index is -0.198. The number of nitrogens with one attached hydrogen (secondary N) is 1. The van der Waals surface area contributed by atoms with Crippen LogP contribution in [0.4, 0.5) is 0 Å². The van der Waals surface area contributed by atoms with Crippen LogP contribution in [0.2, 0.25) is 0 Å². The van der Waals surface area contributed by atoms with Crippen molar-refractivity contribution in [3.8, 4) is 0 Å². The average Bonchev–Trinajstić information content (AvgIpc) is 2.83. The third-order valence-electron chi connectivity index (χ3n) is 3.33. The first-order valence-corrected chi connectivity index (χ1v) is 5.97. The van der Waals surface area contributed by atoms with Crippen LogP contribution in [-0.4, -0.2) is 28.8 Å². The maximum absolute atomic E-state index is 11.9. The molecule has 0 aliphatic heterocycles. The van der Waals surface area contributed by atoms with Gasteiger partial charge in [-0.15, -0.1) is 0 Å². The smallest absolute Gasteiger partial charge is 0.256 e. The Morgan fingerprint density at radius 3 is 2.82 bits per heavy atom. The second-order valence-corrected chi connectivity index (χ2v) is 4.74. The van der Waals surface area contributed by atoms with Crippen molar-refractivity contribution in [1.82, 2.24) is 10.5 Å². The fourth-order valence-electron chi connectivity index (χ4n) is 2.37. The molecule has 0 radical (unpaired) electrons. The number of carbonyl (C=O) groups excluding carboxylic acids is 1. The Balaban J connectivity index is 1.90. The fraction of sp³-hybridized carbons (Fsp3) is 0.667. The minimum absolute atomic E-state index is 0.136. The first kappa shape index (κ1) is 12.1. The Hall–Kier alpha value is -1.36. The molecule has 1 aromatic heterocycles. The number of aromatic nitrogens is 1. The van der Waals surface area contributed by atoms with Gasteiger partial charge in [0.15, 0.2) is 0 Å². The number of aliphatic hydroxyl groups is 1. The van der Waals surface area contributed by atoms with Gasteiger partial charge in [-0.25, -0.2) is 0 Å². The van der Waals surface area contributed by atoms with Gasteiger partial charge in [-0.3, -0.25) is 4.79 Å². The molecule has 2 rings (SSSR count). The lowest BCUT2D eigenvalue weighted by Gasteiger charge is -2.10. The summed E-state index contributed by atoms with van der Waals surface area (Å²) >= 11 is 0. The van der Waals surface area contributed by atoms with Crippen LogP contribution >= 0.6 is 0 Å². The molecule has 17 heavy (non-hydrogen) atoms. The van der Waals surface area contributed by atoms with E-state index in [1.165, 1.54) is 0 Å². The lowest BCUT2D eigenvalue weighted by atomic mass is 10.1. The molecule has 1 aromatic rings. The predicted octanol–water partition coefficient (Wildman–Crippen LogP) is 1.18. The third kappa shape index (κ3) is 2.66. The van der Waals surface area contributed by atoms with Crippen molar-refractivity contribution in [1.29, 1.82) is 0 Å². The van der Waals surface area contributed by atoms with Crippen LogP contribution in [0.15, 0.2) is 4.52 Å². The van der Waals surface area contributed by atoms with Crippen molar-refractivity contribution < 1.29 is 14.4 Å². The van der Waals surface area contributed by atoms with Crippen molar-refractivity contribution in [2.45, 2.75) is 39.2 Å². The maximum atomic E-state index is 11.9. The van der Waals surface area contributed by atoms with E-state index in [-0.39, 0.29) is 12.0 Å². The highest BCUT2D eigenvalue weighted by atomic mass is 16.5. The van der Waals surface area contributed by atoms with Gasteiger partial charge >= 0.3 is 0 Å². The van der Waals surface area contributed by atoms with E-state index in [0.717, 1.165) is 19.3 Å². The van der Waals surface area contributed by atoms with Crippen LogP contribution in [0.3, 0.4) is 0 Å². The quantitative estimate of drug-likeness (QED) is 0.829. The van der Waals surface area contributed by atoms with Gasteiger partial charge in [0, 0.05) is 6.54 Å². The van der Waals surface area contributed by atoms with Crippen LogP contribution in [0.1, 0.15) is 41.1 Å². The molecule has 1 aliphatic carbocycles. The zero-order chi connectivity index (χ0) is 12.4. The van der Waals surface area contributed by atoms with Gasteiger partial charge in [0.1, 0.15) is 11.3 Å². The lowest BCUT2D eigenvalue weighted by Crippen LogP contribution is -2.29. The number of nitrogens with zero attached hydrogens (tertiary/aromatic N) is 1. The summed E-state index contributed by atoms with van der Waals surface area (Å²) in [5.74, 6) is 0.795. The van der Waals surface area contributed by atoms with E-state index in [4.69, 9.17) is 4.52 Å². The van der Waals surface area contributed by atoms with Crippen LogP contribution in [-0.2, 0) is 0 Å². The Labute approximate surface area is 100 Å². The largest absolute Gasteiger partial charge is 0.393 e. The molecule has 0 aromatic carbocycles. The number of aliphatic hydroxyl groups excluding tert-OH is 1. The number of rotatable bonds is 3. The number of amides is 1. The number of hydrogen-bond donors (Lipinski definition) is 2. The van der Waals surface area contributed by atoms with Crippen molar-refractivity contribution in [3.63, 3.8) is 0 Å². The zero-order valence-electron chi connectivity index (χ0n) is 10.2. The van der Waals surface area contributed by atoms with Gasteiger partial charge in [-0.05, 0) is 39.0 Å². The molecule has 2 atom stereocenters. The molecule has 2 N–H and O–H groups in total. The van der Waals surface area contributed by atoms with Crippen LogP contribution < -0.4 is 5.32 Å². The first-order chi connectivity index (χ1) is 8.08. The van der Waals surface area contributed by atoms with Crippen molar-refractivity contribution >= 4 is 5.91 Å². The number of aryl methyl sites for hydroxylation is 2.